The summed E-state index contributed by atoms with van der Waals surface area (Å²) < 4.78 is 0. The van der Waals surface area contributed by atoms with Crippen LogP contribution in [0.3, 0.4) is 0 Å². The number of hydrogen-bond donors (Lipinski definition) is 3. The van der Waals surface area contributed by atoms with Gasteiger partial charge >= 0.3 is 0 Å². The molecule has 0 bridgehead atoms. The summed E-state index contributed by atoms with van der Waals surface area (Å²) in [5.74, 6) is 4.99. The second kappa shape index (κ2) is 8.33. The van der Waals surface area contributed by atoms with E-state index in [9.17, 15) is 4.79 Å². The Morgan fingerprint density at radius 1 is 1.04 bits per heavy atom. The number of carbonyl (C=O) groups excluding carboxylic acids is 1. The van der Waals surface area contributed by atoms with Crippen molar-refractivity contribution in [3.8, 4) is 0 Å². The van der Waals surface area contributed by atoms with E-state index in [-0.39, 0.29) is 11.9 Å². The molecule has 4 nitrogen and oxygen atoms in total. The zero-order valence-electron chi connectivity index (χ0n) is 16.3. The van der Waals surface area contributed by atoms with Gasteiger partial charge in [-0.15, -0.1) is 0 Å². The Morgan fingerprint density at radius 3 is 2.61 bits per heavy atom. The molecule has 1 saturated carbocycles. The fourth-order valence-corrected chi connectivity index (χ4v) is 7.11. The van der Waals surface area contributed by atoms with E-state index < -0.39 is 0 Å². The maximum Gasteiger partial charge on any atom is 0.251 e. The molecule has 2 aliphatic carbocycles. The topological polar surface area (TPSA) is 56.9 Å². The summed E-state index contributed by atoms with van der Waals surface area (Å²) in [5.41, 5.74) is 4.78. The van der Waals surface area contributed by atoms with Crippen LogP contribution in [0.5, 0.6) is 0 Å². The van der Waals surface area contributed by atoms with Crippen LogP contribution in [0.2, 0.25) is 0 Å². The second-order valence-electron chi connectivity index (χ2n) is 8.33. The van der Waals surface area contributed by atoms with Crippen molar-refractivity contribution in [2.24, 2.45) is 0 Å². The molecule has 1 aromatic heterocycles. The van der Waals surface area contributed by atoms with Gasteiger partial charge in [0.1, 0.15) is 0 Å². The summed E-state index contributed by atoms with van der Waals surface area (Å²) in [6, 6.07) is 7.42. The van der Waals surface area contributed by atoms with Gasteiger partial charge < -0.3 is 15.6 Å². The van der Waals surface area contributed by atoms with E-state index >= 15 is 0 Å². The highest BCUT2D eigenvalue weighted by Gasteiger charge is 2.34. The van der Waals surface area contributed by atoms with E-state index in [1.54, 1.807) is 0 Å². The molecule has 28 heavy (non-hydrogen) atoms. The normalized spacial score (nSPS) is 25.7. The third-order valence-electron chi connectivity index (χ3n) is 6.41. The summed E-state index contributed by atoms with van der Waals surface area (Å²) in [5, 5.41) is 8.36. The average Bonchev–Trinajstić information content (AvgIpc) is 2.88. The standard InChI is InChI=1S/C22H29N3OS2/c26-22(25-21-8-7-20(21)23-15-12-27-9-10-28-13-15)14-5-6-19-17(11-14)16-3-1-2-4-18(16)24-19/h5-6,11,15,20-21,23-24H,1-4,7-10,12-13H2,(H,25,26)/t20-,21+/m1/s1. The molecule has 2 heterocycles. The van der Waals surface area contributed by atoms with Crippen LogP contribution in [0.4, 0.5) is 0 Å². The number of carbonyl (C=O) groups is 1. The average molecular weight is 416 g/mol. The minimum Gasteiger partial charge on any atom is -0.358 e. The van der Waals surface area contributed by atoms with Gasteiger partial charge in [-0.05, 0) is 62.3 Å². The van der Waals surface area contributed by atoms with Crippen molar-refractivity contribution in [2.75, 3.05) is 23.0 Å². The highest BCUT2D eigenvalue weighted by Crippen LogP contribution is 2.30. The van der Waals surface area contributed by atoms with Crippen LogP contribution in [-0.2, 0) is 12.8 Å². The van der Waals surface area contributed by atoms with Gasteiger partial charge in [0.15, 0.2) is 0 Å². The first-order chi connectivity index (χ1) is 13.8. The van der Waals surface area contributed by atoms with Gasteiger partial charge in [0.05, 0.1) is 0 Å². The van der Waals surface area contributed by atoms with Gasteiger partial charge in [0.25, 0.3) is 5.91 Å². The quantitative estimate of drug-likeness (QED) is 0.712. The predicted octanol–water partition coefficient (Wildman–Crippen LogP) is 3.75. The van der Waals surface area contributed by atoms with Gasteiger partial charge in [0, 0.05) is 63.3 Å². The minimum absolute atomic E-state index is 0.0776. The maximum absolute atomic E-state index is 12.9. The van der Waals surface area contributed by atoms with Gasteiger partial charge in [-0.3, -0.25) is 4.79 Å². The van der Waals surface area contributed by atoms with Crippen molar-refractivity contribution in [2.45, 2.75) is 56.7 Å². The number of aryl methyl sites for hydroxylation is 2. The van der Waals surface area contributed by atoms with E-state index in [0.717, 1.165) is 24.8 Å². The lowest BCUT2D eigenvalue weighted by Crippen LogP contribution is -2.59. The van der Waals surface area contributed by atoms with Crippen LogP contribution >= 0.6 is 23.5 Å². The van der Waals surface area contributed by atoms with E-state index in [2.05, 4.69) is 51.3 Å². The molecule has 6 heteroatoms. The number of amides is 1. The Balaban J connectivity index is 1.25. The number of H-pyrrole nitrogens is 1. The molecule has 150 valence electrons. The molecule has 1 aliphatic heterocycles. The van der Waals surface area contributed by atoms with Crippen LogP contribution in [0.1, 0.15) is 47.3 Å². The van der Waals surface area contributed by atoms with E-state index in [4.69, 9.17) is 0 Å². The van der Waals surface area contributed by atoms with Gasteiger partial charge in [0.2, 0.25) is 0 Å². The highest BCUT2D eigenvalue weighted by atomic mass is 32.2. The van der Waals surface area contributed by atoms with Gasteiger partial charge in [-0.1, -0.05) is 0 Å². The second-order valence-corrected chi connectivity index (χ2v) is 10.6. The Kier molecular flexibility index (Phi) is 5.62. The Bertz CT molecular complexity index is 857. The smallest absolute Gasteiger partial charge is 0.251 e. The lowest BCUT2D eigenvalue weighted by molar-refractivity contribution is 0.0891. The first kappa shape index (κ1) is 18.9. The Morgan fingerprint density at radius 2 is 1.82 bits per heavy atom. The highest BCUT2D eigenvalue weighted by molar-refractivity contribution is 8.03. The van der Waals surface area contributed by atoms with Crippen molar-refractivity contribution in [3.63, 3.8) is 0 Å². The fraction of sp³-hybridized carbons (Fsp3) is 0.591. The van der Waals surface area contributed by atoms with Crippen LogP contribution in [0.25, 0.3) is 10.9 Å². The molecule has 1 saturated heterocycles. The molecule has 1 aromatic carbocycles. The molecular weight excluding hydrogens is 386 g/mol. The number of thioether (sulfide) groups is 2. The number of nitrogens with one attached hydrogen (secondary N) is 3. The summed E-state index contributed by atoms with van der Waals surface area (Å²) in [6.07, 6.45) is 7.04. The summed E-state index contributed by atoms with van der Waals surface area (Å²) >= 11 is 4.10. The Hall–Kier alpha value is -1.11. The monoisotopic (exact) mass is 415 g/mol. The molecule has 1 amide bonds. The molecule has 2 atom stereocenters. The number of rotatable bonds is 4. The van der Waals surface area contributed by atoms with Crippen molar-refractivity contribution in [3.05, 3.63) is 35.0 Å². The molecular formula is C22H29N3OS2. The molecule has 2 fully saturated rings. The van der Waals surface area contributed by atoms with E-state index in [1.165, 1.54) is 64.4 Å². The zero-order chi connectivity index (χ0) is 18.9. The molecule has 3 N–H and O–H groups in total. The number of fused-ring (bicyclic) bond motifs is 3. The predicted molar refractivity (Wildman–Crippen MR) is 121 cm³/mol. The molecule has 5 rings (SSSR count). The number of benzene rings is 1. The van der Waals surface area contributed by atoms with Crippen molar-refractivity contribution >= 4 is 40.3 Å². The lowest BCUT2D eigenvalue weighted by Gasteiger charge is -2.40. The van der Waals surface area contributed by atoms with Gasteiger partial charge in [-0.25, -0.2) is 0 Å². The van der Waals surface area contributed by atoms with Crippen LogP contribution < -0.4 is 10.6 Å². The Labute approximate surface area is 175 Å². The largest absolute Gasteiger partial charge is 0.358 e. The number of aromatic amines is 1. The van der Waals surface area contributed by atoms with E-state index in [1.807, 2.05) is 6.07 Å². The first-order valence-electron chi connectivity index (χ1n) is 10.6. The molecule has 0 unspecified atom stereocenters. The van der Waals surface area contributed by atoms with Crippen LogP contribution in [0, 0.1) is 0 Å². The fourth-order valence-electron chi connectivity index (χ4n) is 4.69. The summed E-state index contributed by atoms with van der Waals surface area (Å²) in [4.78, 5) is 16.5. The third kappa shape index (κ3) is 3.83. The SMILES string of the molecule is O=C(N[C@H]1CC[C@H]1NC1CSCCSC1)c1ccc2[nH]c3c(c2c1)CCCC3. The number of hydrogen-bond acceptors (Lipinski definition) is 4. The van der Waals surface area contributed by atoms with E-state index in [0.29, 0.717) is 12.1 Å². The molecule has 0 radical (unpaired) electrons. The van der Waals surface area contributed by atoms with Crippen molar-refractivity contribution in [1.29, 1.82) is 0 Å². The molecule has 3 aliphatic rings. The lowest BCUT2D eigenvalue weighted by atomic mass is 9.85. The van der Waals surface area contributed by atoms with Crippen LogP contribution in [0.15, 0.2) is 18.2 Å². The zero-order valence-corrected chi connectivity index (χ0v) is 17.9. The first-order valence-corrected chi connectivity index (χ1v) is 12.9. The summed E-state index contributed by atoms with van der Waals surface area (Å²) in [6.45, 7) is 0. The molecule has 0 spiro atoms. The number of aromatic nitrogens is 1. The van der Waals surface area contributed by atoms with Gasteiger partial charge in [-0.2, -0.15) is 23.5 Å². The summed E-state index contributed by atoms with van der Waals surface area (Å²) in [7, 11) is 0. The minimum atomic E-state index is 0.0776. The third-order valence-corrected chi connectivity index (χ3v) is 8.93. The van der Waals surface area contributed by atoms with Crippen LogP contribution in [-0.4, -0.2) is 52.0 Å². The van der Waals surface area contributed by atoms with Crippen molar-refractivity contribution < 1.29 is 4.79 Å². The molecule has 2 aromatic rings. The maximum atomic E-state index is 12.9. The van der Waals surface area contributed by atoms with Crippen molar-refractivity contribution in [1.82, 2.24) is 15.6 Å².